The first-order chi connectivity index (χ1) is 16.5. The number of para-hydroxylation sites is 1. The van der Waals surface area contributed by atoms with Crippen molar-refractivity contribution in [1.29, 1.82) is 0 Å². The van der Waals surface area contributed by atoms with Crippen molar-refractivity contribution in [3.05, 3.63) is 88.4 Å². The van der Waals surface area contributed by atoms with Gasteiger partial charge in [-0.3, -0.25) is 14.5 Å². The van der Waals surface area contributed by atoms with E-state index in [0.29, 0.717) is 25.3 Å². The minimum absolute atomic E-state index is 0.0753. The van der Waals surface area contributed by atoms with E-state index < -0.39 is 11.8 Å². The van der Waals surface area contributed by atoms with Gasteiger partial charge in [-0.2, -0.15) is 0 Å². The van der Waals surface area contributed by atoms with Crippen LogP contribution >= 0.6 is 11.3 Å². The first-order valence-corrected chi connectivity index (χ1v) is 12.3. The van der Waals surface area contributed by atoms with E-state index in [1.807, 2.05) is 54.8 Å². The van der Waals surface area contributed by atoms with Gasteiger partial charge in [-0.25, -0.2) is 4.39 Å². The van der Waals surface area contributed by atoms with Gasteiger partial charge in [0.2, 0.25) is 0 Å². The molecule has 0 spiro atoms. The second-order valence-corrected chi connectivity index (χ2v) is 9.34. The number of halogens is 1. The molecule has 1 aromatic heterocycles. The molecule has 8 heteroatoms. The normalized spacial score (nSPS) is 16.0. The topological polar surface area (TPSA) is 64.7 Å². The number of anilines is 1. The minimum Gasteiger partial charge on any atom is -0.367 e. The number of thiophene rings is 1. The fourth-order valence-corrected chi connectivity index (χ4v) is 5.33. The number of piperazine rings is 1. The highest BCUT2D eigenvalue weighted by molar-refractivity contribution is 7.10. The van der Waals surface area contributed by atoms with E-state index >= 15 is 0 Å². The quantitative estimate of drug-likeness (QED) is 0.508. The van der Waals surface area contributed by atoms with Crippen LogP contribution in [0.1, 0.15) is 23.4 Å². The molecule has 2 N–H and O–H groups in total. The number of hydrogen-bond acceptors (Lipinski definition) is 5. The van der Waals surface area contributed by atoms with Gasteiger partial charge in [0.15, 0.2) is 0 Å². The number of carbonyl (C=O) groups is 2. The van der Waals surface area contributed by atoms with E-state index in [2.05, 4.69) is 26.5 Å². The Hall–Kier alpha value is -3.23. The van der Waals surface area contributed by atoms with Crippen molar-refractivity contribution in [1.82, 2.24) is 15.5 Å². The molecule has 1 saturated heterocycles. The number of nitrogens with one attached hydrogen (secondary N) is 2. The fraction of sp³-hybridized carbons (Fsp3) is 0.308. The molecule has 178 valence electrons. The first-order valence-electron chi connectivity index (χ1n) is 11.4. The lowest BCUT2D eigenvalue weighted by atomic mass is 10.0. The van der Waals surface area contributed by atoms with Crippen LogP contribution in [0.5, 0.6) is 0 Å². The predicted octanol–water partition coefficient (Wildman–Crippen LogP) is 3.57. The molecule has 2 amide bonds. The summed E-state index contributed by atoms with van der Waals surface area (Å²) in [5.41, 5.74) is 1.55. The van der Waals surface area contributed by atoms with E-state index in [0.717, 1.165) is 23.5 Å². The van der Waals surface area contributed by atoms with Crippen LogP contribution in [0, 0.1) is 5.82 Å². The van der Waals surface area contributed by atoms with Gasteiger partial charge >= 0.3 is 11.8 Å². The van der Waals surface area contributed by atoms with Crippen LogP contribution < -0.4 is 15.5 Å². The maximum Gasteiger partial charge on any atom is 0.309 e. The summed E-state index contributed by atoms with van der Waals surface area (Å²) in [6.45, 7) is 5.03. The number of carbonyl (C=O) groups excluding carboxylic acids is 2. The Morgan fingerprint density at radius 3 is 2.32 bits per heavy atom. The lowest BCUT2D eigenvalue weighted by molar-refractivity contribution is -0.140. The fourth-order valence-electron chi connectivity index (χ4n) is 4.36. The van der Waals surface area contributed by atoms with Gasteiger partial charge < -0.3 is 15.5 Å². The summed E-state index contributed by atoms with van der Waals surface area (Å²) in [5, 5.41) is 7.59. The third kappa shape index (κ3) is 5.81. The van der Waals surface area contributed by atoms with Crippen LogP contribution in [-0.4, -0.2) is 48.9 Å². The monoisotopic (exact) mass is 480 g/mol. The number of rotatable bonds is 7. The largest absolute Gasteiger partial charge is 0.367 e. The Bertz CT molecular complexity index is 1090. The van der Waals surface area contributed by atoms with Crippen LogP contribution in [0.4, 0.5) is 10.1 Å². The zero-order valence-electron chi connectivity index (χ0n) is 19.1. The van der Waals surface area contributed by atoms with Crippen molar-refractivity contribution < 1.29 is 14.0 Å². The number of benzene rings is 2. The number of amides is 2. The highest BCUT2D eigenvalue weighted by Crippen LogP contribution is 2.30. The van der Waals surface area contributed by atoms with E-state index in [-0.39, 0.29) is 17.9 Å². The molecule has 34 heavy (non-hydrogen) atoms. The molecule has 2 atom stereocenters. The molecule has 1 fully saturated rings. The van der Waals surface area contributed by atoms with E-state index in [1.54, 1.807) is 23.5 Å². The van der Waals surface area contributed by atoms with E-state index in [4.69, 9.17) is 0 Å². The molecule has 0 saturated carbocycles. The summed E-state index contributed by atoms with van der Waals surface area (Å²) in [6, 6.07) is 20.0. The predicted molar refractivity (Wildman–Crippen MR) is 133 cm³/mol. The maximum atomic E-state index is 14.2. The van der Waals surface area contributed by atoms with Crippen molar-refractivity contribution in [2.24, 2.45) is 0 Å². The van der Waals surface area contributed by atoms with Gasteiger partial charge in [-0.1, -0.05) is 48.5 Å². The molecule has 2 unspecified atom stereocenters. The van der Waals surface area contributed by atoms with Gasteiger partial charge in [-0.15, -0.1) is 11.3 Å². The van der Waals surface area contributed by atoms with Crippen molar-refractivity contribution >= 4 is 28.8 Å². The lowest BCUT2D eigenvalue weighted by Gasteiger charge is -2.42. The second kappa shape index (κ2) is 11.3. The Kier molecular flexibility index (Phi) is 7.92. The third-order valence-electron chi connectivity index (χ3n) is 6.07. The van der Waals surface area contributed by atoms with E-state index in [9.17, 15) is 14.0 Å². The molecular weight excluding hydrogens is 451 g/mol. The van der Waals surface area contributed by atoms with Gasteiger partial charge in [0.05, 0.1) is 11.7 Å². The molecule has 6 nitrogen and oxygen atoms in total. The molecule has 1 aliphatic heterocycles. The van der Waals surface area contributed by atoms with Crippen molar-refractivity contribution in [3.63, 3.8) is 0 Å². The average molecular weight is 481 g/mol. The SMILES string of the molecule is CC(NC(=O)C(=O)NCc1ccccc1)C(c1cccs1)N1CCN(c2ccccc2F)CC1. The highest BCUT2D eigenvalue weighted by Gasteiger charge is 2.32. The van der Waals surface area contributed by atoms with Crippen molar-refractivity contribution in [3.8, 4) is 0 Å². The van der Waals surface area contributed by atoms with Crippen molar-refractivity contribution in [2.75, 3.05) is 31.1 Å². The molecule has 2 heterocycles. The highest BCUT2D eigenvalue weighted by atomic mass is 32.1. The van der Waals surface area contributed by atoms with Gasteiger partial charge in [0.25, 0.3) is 0 Å². The molecule has 0 radical (unpaired) electrons. The first kappa shape index (κ1) is 23.9. The Labute approximate surface area is 203 Å². The summed E-state index contributed by atoms with van der Waals surface area (Å²) >= 11 is 1.63. The molecular formula is C26H29FN4O2S. The van der Waals surface area contributed by atoms with Gasteiger partial charge in [-0.05, 0) is 36.1 Å². The zero-order chi connectivity index (χ0) is 23.9. The summed E-state index contributed by atoms with van der Waals surface area (Å²) < 4.78 is 14.2. The summed E-state index contributed by atoms with van der Waals surface area (Å²) in [5.74, 6) is -1.51. The molecule has 3 aromatic rings. The van der Waals surface area contributed by atoms with Crippen LogP contribution in [-0.2, 0) is 16.1 Å². The smallest absolute Gasteiger partial charge is 0.309 e. The standard InChI is InChI=1S/C26H29FN4O2S/c1-19(29-26(33)25(32)28-18-20-8-3-2-4-9-20)24(23-12-7-17-34-23)31-15-13-30(14-16-31)22-11-6-5-10-21(22)27/h2-12,17,19,24H,13-16,18H2,1H3,(H,28,32)(H,29,33). The molecule has 1 aliphatic rings. The molecule has 2 aromatic carbocycles. The molecule has 0 bridgehead atoms. The van der Waals surface area contributed by atoms with Crippen LogP contribution in [0.15, 0.2) is 72.1 Å². The Morgan fingerprint density at radius 1 is 0.941 bits per heavy atom. The molecule has 0 aliphatic carbocycles. The summed E-state index contributed by atoms with van der Waals surface area (Å²) in [6.07, 6.45) is 0. The second-order valence-electron chi connectivity index (χ2n) is 8.37. The average Bonchev–Trinajstić information content (AvgIpc) is 3.38. The number of nitrogens with zero attached hydrogens (tertiary/aromatic N) is 2. The molecule has 4 rings (SSSR count). The summed E-state index contributed by atoms with van der Waals surface area (Å²) in [4.78, 5) is 30.5. The third-order valence-corrected chi connectivity index (χ3v) is 7.01. The van der Waals surface area contributed by atoms with Gasteiger partial charge in [0.1, 0.15) is 5.82 Å². The maximum absolute atomic E-state index is 14.2. The Morgan fingerprint density at radius 2 is 1.65 bits per heavy atom. The van der Waals surface area contributed by atoms with E-state index in [1.165, 1.54) is 6.07 Å². The van der Waals surface area contributed by atoms with Crippen LogP contribution in [0.2, 0.25) is 0 Å². The lowest BCUT2D eigenvalue weighted by Crippen LogP contribution is -2.53. The number of hydrogen-bond donors (Lipinski definition) is 2. The zero-order valence-corrected chi connectivity index (χ0v) is 19.9. The van der Waals surface area contributed by atoms with Gasteiger partial charge in [0, 0.05) is 43.6 Å². The minimum atomic E-state index is -0.648. The van der Waals surface area contributed by atoms with Crippen LogP contribution in [0.3, 0.4) is 0 Å². The van der Waals surface area contributed by atoms with Crippen molar-refractivity contribution in [2.45, 2.75) is 25.6 Å². The Balaban J connectivity index is 1.38. The van der Waals surface area contributed by atoms with Crippen LogP contribution in [0.25, 0.3) is 0 Å². The summed E-state index contributed by atoms with van der Waals surface area (Å²) in [7, 11) is 0.